The van der Waals surface area contributed by atoms with Gasteiger partial charge in [-0.2, -0.15) is 8.61 Å². The van der Waals surface area contributed by atoms with Crippen molar-refractivity contribution in [1.29, 1.82) is 0 Å². The zero-order valence-corrected chi connectivity index (χ0v) is 41.6. The molecule has 68 heavy (non-hydrogen) atoms. The van der Waals surface area contributed by atoms with Crippen LogP contribution in [0.1, 0.15) is 51.7 Å². The van der Waals surface area contributed by atoms with Gasteiger partial charge < -0.3 is 39.7 Å². The topological polar surface area (TPSA) is 264 Å². The summed E-state index contributed by atoms with van der Waals surface area (Å²) in [5.74, 6) is 0.982. The second-order valence-electron chi connectivity index (χ2n) is 19.2. The van der Waals surface area contributed by atoms with E-state index in [0.29, 0.717) is 88.5 Å². The molecule has 4 N–H and O–H groups in total. The molecule has 22 nitrogen and oxygen atoms in total. The summed E-state index contributed by atoms with van der Waals surface area (Å²) in [7, 11) is -7.40. The van der Waals surface area contributed by atoms with Gasteiger partial charge in [0.1, 0.15) is 0 Å². The van der Waals surface area contributed by atoms with Crippen LogP contribution in [0.5, 0.6) is 0 Å². The fraction of sp³-hybridized carbons (Fsp3) is 0.667. The van der Waals surface area contributed by atoms with Gasteiger partial charge in [0.15, 0.2) is 0 Å². The van der Waals surface area contributed by atoms with Crippen LogP contribution in [0.15, 0.2) is 56.6 Å². The molecule has 0 radical (unpaired) electrons. The van der Waals surface area contributed by atoms with Crippen LogP contribution in [0.2, 0.25) is 0 Å². The number of aromatic nitrogens is 6. The van der Waals surface area contributed by atoms with Gasteiger partial charge in [0.05, 0.1) is 74.0 Å². The normalized spacial score (nSPS) is 29.0. The molecule has 0 unspecified atom stereocenters. The number of aliphatic hydroxyl groups is 4. The molecule has 10 rings (SSSR count). The van der Waals surface area contributed by atoms with Gasteiger partial charge in [0.2, 0.25) is 20.6 Å². The molecule has 4 bridgehead atoms. The maximum atomic E-state index is 13.2. The summed E-state index contributed by atoms with van der Waals surface area (Å²) in [6, 6.07) is -0.482. The van der Waals surface area contributed by atoms with Gasteiger partial charge in [-0.1, -0.05) is 0 Å². The Balaban J connectivity index is 0.000000170. The number of thiazole rings is 2. The Morgan fingerprint density at radius 3 is 1.31 bits per heavy atom. The molecule has 0 saturated carbocycles. The first-order valence-corrected chi connectivity index (χ1v) is 27.4. The first-order valence-electron chi connectivity index (χ1n) is 22.7. The number of piperazine rings is 2. The molecule has 0 aliphatic carbocycles. The molecule has 6 fully saturated rings. The summed E-state index contributed by atoms with van der Waals surface area (Å²) in [5.41, 5.74) is -0.900. The minimum absolute atomic E-state index is 0.0901. The van der Waals surface area contributed by atoms with Gasteiger partial charge in [0, 0.05) is 124 Å². The van der Waals surface area contributed by atoms with Crippen molar-refractivity contribution >= 4 is 54.6 Å². The third-order valence-corrected chi connectivity index (χ3v) is 19.9. The Bertz CT molecular complexity index is 2360. The van der Waals surface area contributed by atoms with Crippen molar-refractivity contribution in [3.63, 3.8) is 0 Å². The van der Waals surface area contributed by atoms with Gasteiger partial charge in [-0.25, -0.2) is 46.7 Å². The molecular formula is C42H60N12O10S4. The van der Waals surface area contributed by atoms with Crippen molar-refractivity contribution in [3.8, 4) is 0 Å². The van der Waals surface area contributed by atoms with Gasteiger partial charge in [-0.05, 0) is 40.5 Å². The van der Waals surface area contributed by atoms with E-state index in [1.165, 1.54) is 21.0 Å². The Kier molecular flexibility index (Phi) is 14.3. The maximum Gasteiger partial charge on any atom is 0.270 e. The van der Waals surface area contributed by atoms with Crippen LogP contribution in [0.25, 0.3) is 0 Å². The fourth-order valence-corrected chi connectivity index (χ4v) is 14.8. The second kappa shape index (κ2) is 19.6. The third kappa shape index (κ3) is 10.2. The summed E-state index contributed by atoms with van der Waals surface area (Å²) >= 11 is 2.22. The van der Waals surface area contributed by atoms with E-state index in [4.69, 9.17) is 9.47 Å². The number of hydrogen-bond donors (Lipinski definition) is 4. The van der Waals surface area contributed by atoms with E-state index in [1.54, 1.807) is 63.2 Å². The number of rotatable bonds is 12. The largest absolute Gasteiger partial charge is 0.391 e. The van der Waals surface area contributed by atoms with Crippen LogP contribution in [0.3, 0.4) is 0 Å². The molecule has 4 aromatic rings. The monoisotopic (exact) mass is 1020 g/mol. The Hall–Kier alpha value is -3.48. The van der Waals surface area contributed by atoms with E-state index in [2.05, 4.69) is 39.7 Å². The van der Waals surface area contributed by atoms with Crippen molar-refractivity contribution in [3.05, 3.63) is 59.1 Å². The van der Waals surface area contributed by atoms with Gasteiger partial charge >= 0.3 is 0 Å². The average molecular weight is 1020 g/mol. The first kappa shape index (κ1) is 49.5. The number of anilines is 2. The lowest BCUT2D eigenvalue weighted by Crippen LogP contribution is -2.61. The first-order chi connectivity index (χ1) is 32.3. The number of aliphatic hydroxyl groups excluding tert-OH is 2. The number of nitrogens with zero attached hydrogens (tertiary/aromatic N) is 12. The standard InChI is InChI=1S/2C21H30N6O5S2/c2*1-21(2,29)14-8-23-19(24-9-14)26-5-4-25(34(30,31)20-22-3-6-33-20)10-16(26)11-27-15-7-18(28)17(27)13-32-12-15/h2*3,6,8-9,15-18,28-29H,4-5,7,10-13H2,1-2H3/t15-,16+,17-,18-;15-,16-,17-,18-/m01/s1. The number of sulfonamides is 2. The lowest BCUT2D eigenvalue weighted by molar-refractivity contribution is -0.0346. The van der Waals surface area contributed by atoms with Crippen LogP contribution in [-0.2, 0) is 40.7 Å². The fourth-order valence-electron chi connectivity index (χ4n) is 9.97. The van der Waals surface area contributed by atoms with Crippen molar-refractivity contribution < 1.29 is 46.7 Å². The predicted molar refractivity (Wildman–Crippen MR) is 250 cm³/mol. The SMILES string of the molecule is CC(C)(O)c1cnc(N2CCN(S(=O)(=O)c3nccs3)C[C@@H]2CN2[C@@H]3COC[C@H]2[C@@H](O)C3)nc1.CC(C)(O)c1cnc(N2CCN(S(=O)(=O)c3nccs3)C[C@@H]2CN2[C@H]3COC[C@@H]2[C@H](O)C3)nc1. The zero-order valence-electron chi connectivity index (χ0n) is 38.4. The zero-order chi connectivity index (χ0) is 48.2. The van der Waals surface area contributed by atoms with E-state index in [0.717, 1.165) is 22.7 Å². The third-order valence-electron chi connectivity index (χ3n) is 13.8. The molecule has 6 aliphatic heterocycles. The van der Waals surface area contributed by atoms with E-state index in [9.17, 15) is 37.3 Å². The molecular weight excluding hydrogens is 961 g/mol. The number of morpholine rings is 2. The lowest BCUT2D eigenvalue weighted by atomic mass is 10.0. The maximum absolute atomic E-state index is 13.2. The number of fused-ring (bicyclic) bond motifs is 4. The molecule has 26 heteroatoms. The highest BCUT2D eigenvalue weighted by atomic mass is 32.3. The summed E-state index contributed by atoms with van der Waals surface area (Å²) in [5, 5.41) is 44.8. The Labute approximate surface area is 404 Å². The summed E-state index contributed by atoms with van der Waals surface area (Å²) in [6.07, 6.45) is 9.82. The van der Waals surface area contributed by atoms with Crippen LogP contribution in [0, 0.1) is 0 Å². The number of hydrogen-bond acceptors (Lipinski definition) is 22. The predicted octanol–water partition coefficient (Wildman–Crippen LogP) is -0.252. The minimum atomic E-state index is -3.70. The molecule has 6 saturated heterocycles. The van der Waals surface area contributed by atoms with Crippen LogP contribution in [0.4, 0.5) is 11.9 Å². The number of ether oxygens (including phenoxy) is 2. The molecule has 6 aliphatic rings. The van der Waals surface area contributed by atoms with Crippen LogP contribution < -0.4 is 9.80 Å². The van der Waals surface area contributed by atoms with E-state index < -0.39 is 43.5 Å². The molecule has 0 aromatic carbocycles. The van der Waals surface area contributed by atoms with Gasteiger partial charge in [-0.3, -0.25) is 9.80 Å². The summed E-state index contributed by atoms with van der Waals surface area (Å²) < 4.78 is 67.2. The molecule has 372 valence electrons. The minimum Gasteiger partial charge on any atom is -0.391 e. The smallest absolute Gasteiger partial charge is 0.270 e. The molecule has 8 atom stereocenters. The molecule has 10 heterocycles. The summed E-state index contributed by atoms with van der Waals surface area (Å²) in [4.78, 5) is 34.6. The molecule has 0 amide bonds. The molecule has 4 aromatic heterocycles. The van der Waals surface area contributed by atoms with Crippen molar-refractivity contribution in [1.82, 2.24) is 48.3 Å². The Morgan fingerprint density at radius 2 is 0.985 bits per heavy atom. The summed E-state index contributed by atoms with van der Waals surface area (Å²) in [6.45, 7) is 11.8. The van der Waals surface area contributed by atoms with E-state index >= 15 is 0 Å². The molecule has 0 spiro atoms. The second-order valence-corrected chi connectivity index (χ2v) is 25.2. The highest BCUT2D eigenvalue weighted by Crippen LogP contribution is 2.34. The van der Waals surface area contributed by atoms with Crippen molar-refractivity contribution in [2.75, 3.05) is 88.6 Å². The lowest BCUT2D eigenvalue weighted by Gasteiger charge is -2.44. The van der Waals surface area contributed by atoms with Crippen LogP contribution >= 0.6 is 22.7 Å². The highest BCUT2D eigenvalue weighted by molar-refractivity contribution is 7.91. The van der Waals surface area contributed by atoms with Gasteiger partial charge in [-0.15, -0.1) is 22.7 Å². The Morgan fingerprint density at radius 1 is 0.603 bits per heavy atom. The quantitative estimate of drug-likeness (QED) is 0.143. The van der Waals surface area contributed by atoms with Crippen molar-refractivity contribution in [2.45, 2.75) is 109 Å². The van der Waals surface area contributed by atoms with Crippen molar-refractivity contribution in [2.24, 2.45) is 0 Å². The average Bonchev–Trinajstić information content (AvgIpc) is 4.11. The van der Waals surface area contributed by atoms with Crippen LogP contribution in [-0.4, -0.2) is 213 Å². The van der Waals surface area contributed by atoms with E-state index in [-0.39, 0.29) is 71.1 Å². The van der Waals surface area contributed by atoms with Gasteiger partial charge in [0.25, 0.3) is 20.0 Å². The van der Waals surface area contributed by atoms with E-state index in [1.807, 2.05) is 9.80 Å². The highest BCUT2D eigenvalue weighted by Gasteiger charge is 2.48.